The van der Waals surface area contributed by atoms with Gasteiger partial charge in [-0.1, -0.05) is 35.0 Å². The number of methoxy groups -OCH3 is 1. The molecule has 3 rings (SSSR count). The van der Waals surface area contributed by atoms with Gasteiger partial charge in [0.2, 0.25) is 11.8 Å². The van der Waals surface area contributed by atoms with E-state index in [9.17, 15) is 5.26 Å². The largest absolute Gasteiger partial charge is 0.496 e. The number of hydrogen-bond acceptors (Lipinski definition) is 7. The number of benzene rings is 2. The van der Waals surface area contributed by atoms with Gasteiger partial charge in [-0.3, -0.25) is 0 Å². The third kappa shape index (κ3) is 5.99. The molecule has 0 bridgehead atoms. The molecule has 7 nitrogen and oxygen atoms in total. The molecule has 170 valence electrons. The minimum Gasteiger partial charge on any atom is -0.496 e. The molecule has 1 aromatic heterocycles. The van der Waals surface area contributed by atoms with Crippen LogP contribution in [0.4, 0.5) is 0 Å². The van der Waals surface area contributed by atoms with Crippen molar-refractivity contribution in [2.24, 2.45) is 5.16 Å². The van der Waals surface area contributed by atoms with Gasteiger partial charge in [-0.05, 0) is 66.3 Å². The summed E-state index contributed by atoms with van der Waals surface area (Å²) in [6.07, 6.45) is 4.49. The molecule has 1 heterocycles. The highest BCUT2D eigenvalue weighted by molar-refractivity contribution is 6.69. The quantitative estimate of drug-likeness (QED) is 0.233. The highest BCUT2D eigenvalue weighted by atomic mass is 35.5. The molecule has 0 unspecified atom stereocenters. The van der Waals surface area contributed by atoms with E-state index in [-0.39, 0.29) is 5.17 Å². The summed E-state index contributed by atoms with van der Waals surface area (Å²) < 4.78 is 11.0. The Morgan fingerprint density at radius 1 is 1.15 bits per heavy atom. The number of aryl methyl sites for hydroxylation is 3. The van der Waals surface area contributed by atoms with E-state index in [0.717, 1.165) is 35.1 Å². The van der Waals surface area contributed by atoms with Crippen molar-refractivity contribution < 1.29 is 14.0 Å². The van der Waals surface area contributed by atoms with Crippen molar-refractivity contribution in [2.75, 3.05) is 14.2 Å². The van der Waals surface area contributed by atoms with Crippen LogP contribution in [0.15, 0.2) is 52.0 Å². The summed E-state index contributed by atoms with van der Waals surface area (Å²) >= 11 is 6.39. The van der Waals surface area contributed by atoms with Crippen molar-refractivity contribution in [1.29, 1.82) is 5.26 Å². The Balaban J connectivity index is 2.00. The predicted molar refractivity (Wildman–Crippen MR) is 127 cm³/mol. The van der Waals surface area contributed by atoms with E-state index in [1.165, 1.54) is 7.11 Å². The molecule has 0 N–H and O–H groups in total. The monoisotopic (exact) mass is 464 g/mol. The summed E-state index contributed by atoms with van der Waals surface area (Å²) in [5.74, 6) is 1.83. The number of nitrogens with zero attached hydrogens (tertiary/aromatic N) is 4. The number of rotatable bonds is 9. The van der Waals surface area contributed by atoms with Gasteiger partial charge in [-0.25, -0.2) is 0 Å². The lowest BCUT2D eigenvalue weighted by Gasteiger charge is -2.16. The van der Waals surface area contributed by atoms with E-state index >= 15 is 0 Å². The third-order valence-corrected chi connectivity index (χ3v) is 5.29. The molecule has 0 amide bonds. The van der Waals surface area contributed by atoms with Gasteiger partial charge in [-0.2, -0.15) is 5.26 Å². The first-order chi connectivity index (χ1) is 16.0. The second kappa shape index (κ2) is 11.3. The number of ether oxygens (including phenoxy) is 1. The molecule has 0 atom stereocenters. The number of nitriles is 1. The highest BCUT2D eigenvalue weighted by Gasteiger charge is 2.16. The second-order valence-corrected chi connectivity index (χ2v) is 7.71. The first-order valence-corrected chi connectivity index (χ1v) is 10.8. The molecule has 0 aliphatic rings. The Hall–Kier alpha value is -3.63. The summed E-state index contributed by atoms with van der Waals surface area (Å²) in [5, 5.41) is 21.2. The SMILES string of the molecule is CO/N=C(\Cl)c1cc(/C(=C\CCCc2nnc(C)o2)c2ccc(C#N)cc2)cc(C)c1OC. The van der Waals surface area contributed by atoms with Crippen LogP contribution >= 0.6 is 11.6 Å². The van der Waals surface area contributed by atoms with Crippen LogP contribution in [0.3, 0.4) is 0 Å². The molecule has 33 heavy (non-hydrogen) atoms. The van der Waals surface area contributed by atoms with Crippen LogP contribution in [0.1, 0.15) is 52.4 Å². The predicted octanol–water partition coefficient (Wildman–Crippen LogP) is 5.57. The van der Waals surface area contributed by atoms with Crippen LogP contribution in [-0.2, 0) is 11.3 Å². The summed E-state index contributed by atoms with van der Waals surface area (Å²) in [6.45, 7) is 3.73. The van der Waals surface area contributed by atoms with E-state index in [4.69, 9.17) is 25.6 Å². The fourth-order valence-corrected chi connectivity index (χ4v) is 3.76. The molecule has 0 saturated carbocycles. The Kier molecular flexibility index (Phi) is 8.22. The van der Waals surface area contributed by atoms with E-state index in [0.29, 0.717) is 35.1 Å². The van der Waals surface area contributed by atoms with E-state index < -0.39 is 0 Å². The molecule has 0 fully saturated rings. The topological polar surface area (TPSA) is 93.5 Å². The lowest BCUT2D eigenvalue weighted by Crippen LogP contribution is -2.02. The van der Waals surface area contributed by atoms with E-state index in [1.807, 2.05) is 31.2 Å². The molecule has 0 radical (unpaired) electrons. The first kappa shape index (κ1) is 24.0. The fourth-order valence-electron chi connectivity index (χ4n) is 3.55. The lowest BCUT2D eigenvalue weighted by atomic mass is 9.92. The Morgan fingerprint density at radius 2 is 1.91 bits per heavy atom. The van der Waals surface area contributed by atoms with Crippen molar-refractivity contribution >= 4 is 22.3 Å². The Morgan fingerprint density at radius 3 is 2.52 bits per heavy atom. The van der Waals surface area contributed by atoms with E-state index in [1.54, 1.807) is 26.2 Å². The number of oxime groups is 1. The normalized spacial score (nSPS) is 11.9. The van der Waals surface area contributed by atoms with Crippen LogP contribution in [-0.4, -0.2) is 29.6 Å². The molecule has 0 aliphatic heterocycles. The smallest absolute Gasteiger partial charge is 0.216 e. The van der Waals surface area contributed by atoms with E-state index in [2.05, 4.69) is 27.5 Å². The molecule has 8 heteroatoms. The Labute approximate surface area is 198 Å². The van der Waals surface area contributed by atoms with Crippen molar-refractivity contribution in [2.45, 2.75) is 33.1 Å². The van der Waals surface area contributed by atoms with Crippen molar-refractivity contribution in [3.63, 3.8) is 0 Å². The highest BCUT2D eigenvalue weighted by Crippen LogP contribution is 2.33. The van der Waals surface area contributed by atoms with Crippen LogP contribution < -0.4 is 4.74 Å². The number of unbranched alkanes of at least 4 members (excludes halogenated alkanes) is 1. The maximum atomic E-state index is 9.17. The Bertz CT molecular complexity index is 1210. The van der Waals surface area contributed by atoms with Crippen LogP contribution in [0.25, 0.3) is 5.57 Å². The van der Waals surface area contributed by atoms with Gasteiger partial charge < -0.3 is 14.0 Å². The van der Waals surface area contributed by atoms with Crippen LogP contribution in [0, 0.1) is 25.2 Å². The van der Waals surface area contributed by atoms with Crippen LogP contribution in [0.2, 0.25) is 0 Å². The molecular weight excluding hydrogens is 440 g/mol. The summed E-state index contributed by atoms with van der Waals surface area (Å²) in [6, 6.07) is 13.6. The molecule has 0 spiro atoms. The standard InChI is InChI=1S/C25H25ClN4O3/c1-16-13-20(14-22(24(16)31-3)25(26)30-32-4)21(19-11-9-18(15-27)10-12-19)7-5-6-8-23-29-28-17(2)33-23/h7,9-14H,5-6,8H2,1-4H3/b21-7-,30-25-. The zero-order valence-corrected chi connectivity index (χ0v) is 19.8. The van der Waals surface area contributed by atoms with Gasteiger partial charge in [0.05, 0.1) is 24.3 Å². The number of hydrogen-bond donors (Lipinski definition) is 0. The lowest BCUT2D eigenvalue weighted by molar-refractivity contribution is 0.214. The number of aromatic nitrogens is 2. The van der Waals surface area contributed by atoms with Gasteiger partial charge in [0, 0.05) is 13.3 Å². The van der Waals surface area contributed by atoms with Gasteiger partial charge in [-0.15, -0.1) is 10.2 Å². The zero-order chi connectivity index (χ0) is 23.8. The molecule has 2 aromatic carbocycles. The molecule has 0 aliphatic carbocycles. The maximum absolute atomic E-state index is 9.17. The zero-order valence-electron chi connectivity index (χ0n) is 19.1. The van der Waals surface area contributed by atoms with Gasteiger partial charge in [0.1, 0.15) is 12.9 Å². The summed E-state index contributed by atoms with van der Waals surface area (Å²) in [5.41, 5.74) is 5.10. The summed E-state index contributed by atoms with van der Waals surface area (Å²) in [4.78, 5) is 4.87. The van der Waals surface area contributed by atoms with Crippen molar-refractivity contribution in [1.82, 2.24) is 10.2 Å². The van der Waals surface area contributed by atoms with Crippen molar-refractivity contribution in [3.8, 4) is 11.8 Å². The van der Waals surface area contributed by atoms with Gasteiger partial charge in [0.25, 0.3) is 0 Å². The number of halogens is 1. The minimum absolute atomic E-state index is 0.199. The van der Waals surface area contributed by atoms with Gasteiger partial charge in [0.15, 0.2) is 5.17 Å². The average molecular weight is 465 g/mol. The molecule has 3 aromatic rings. The van der Waals surface area contributed by atoms with Crippen molar-refractivity contribution in [3.05, 3.63) is 82.1 Å². The average Bonchev–Trinajstić information content (AvgIpc) is 3.23. The van der Waals surface area contributed by atoms with Crippen LogP contribution in [0.5, 0.6) is 5.75 Å². The second-order valence-electron chi connectivity index (χ2n) is 7.35. The maximum Gasteiger partial charge on any atom is 0.216 e. The van der Waals surface area contributed by atoms with Gasteiger partial charge >= 0.3 is 0 Å². The fraction of sp³-hybridized carbons (Fsp3) is 0.280. The minimum atomic E-state index is 0.199. The third-order valence-electron chi connectivity index (χ3n) is 5.02. The summed E-state index contributed by atoms with van der Waals surface area (Å²) in [7, 11) is 3.04. The molecular formula is C25H25ClN4O3. The number of allylic oxidation sites excluding steroid dienone is 1. The molecule has 0 saturated heterocycles. The first-order valence-electron chi connectivity index (χ1n) is 10.4.